The summed E-state index contributed by atoms with van der Waals surface area (Å²) in [6, 6.07) is 4.80. The van der Waals surface area contributed by atoms with Crippen LogP contribution in [0.3, 0.4) is 0 Å². The van der Waals surface area contributed by atoms with Crippen molar-refractivity contribution >= 4 is 38.5 Å². The Balaban J connectivity index is 2.06. The van der Waals surface area contributed by atoms with Crippen LogP contribution in [0.25, 0.3) is 0 Å². The van der Waals surface area contributed by atoms with Crippen molar-refractivity contribution in [3.8, 4) is 0 Å². The highest BCUT2D eigenvalue weighted by molar-refractivity contribution is 9.10. The third kappa shape index (κ3) is 3.99. The Morgan fingerprint density at radius 2 is 2.00 bits per heavy atom. The van der Waals surface area contributed by atoms with Crippen LogP contribution in [0.1, 0.15) is 31.4 Å². The molecule has 1 aliphatic rings. The van der Waals surface area contributed by atoms with Crippen molar-refractivity contribution in [3.05, 3.63) is 27.7 Å². The Labute approximate surface area is 128 Å². The fourth-order valence-electron chi connectivity index (χ4n) is 2.29. The first-order valence-corrected chi connectivity index (χ1v) is 8.48. The second-order valence-corrected chi connectivity index (χ2v) is 7.38. The van der Waals surface area contributed by atoms with Crippen molar-refractivity contribution in [2.24, 2.45) is 10.9 Å². The fraction of sp³-hybridized carbons (Fsp3) is 0.533. The molecule has 0 aromatic heterocycles. The van der Waals surface area contributed by atoms with Gasteiger partial charge in [-0.3, -0.25) is 4.99 Å². The number of rotatable bonds is 3. The second kappa shape index (κ2) is 6.31. The third-order valence-electron chi connectivity index (χ3n) is 3.14. The number of hydrogen-bond acceptors (Lipinski definition) is 3. The Morgan fingerprint density at radius 1 is 1.37 bits per heavy atom. The quantitative estimate of drug-likeness (QED) is 0.837. The Kier molecular flexibility index (Phi) is 4.96. The lowest BCUT2D eigenvalue weighted by atomic mass is 10.1. The van der Waals surface area contributed by atoms with E-state index in [2.05, 4.69) is 61.1 Å². The molecule has 1 unspecified atom stereocenters. The number of nitrogens with one attached hydrogen (secondary N) is 1. The van der Waals surface area contributed by atoms with E-state index in [4.69, 9.17) is 4.99 Å². The van der Waals surface area contributed by atoms with Gasteiger partial charge in [-0.05, 0) is 49.4 Å². The van der Waals surface area contributed by atoms with Crippen LogP contribution in [0.15, 0.2) is 21.6 Å². The number of anilines is 1. The van der Waals surface area contributed by atoms with E-state index in [-0.39, 0.29) is 0 Å². The minimum absolute atomic E-state index is 0.477. The maximum Gasteiger partial charge on any atom is 0.161 e. The van der Waals surface area contributed by atoms with E-state index in [0.717, 1.165) is 16.6 Å². The van der Waals surface area contributed by atoms with Gasteiger partial charge in [-0.15, -0.1) is 0 Å². The normalized spacial score (nSPS) is 18.8. The molecule has 0 aliphatic carbocycles. The zero-order valence-electron chi connectivity index (χ0n) is 12.0. The van der Waals surface area contributed by atoms with Crippen molar-refractivity contribution in [3.63, 3.8) is 0 Å². The van der Waals surface area contributed by atoms with Crippen molar-refractivity contribution in [1.29, 1.82) is 0 Å². The predicted octanol–water partition coefficient (Wildman–Crippen LogP) is 5.00. The standard InChI is InChI=1S/C15H21BrN2S/c1-9(2)5-13-8-19-15(18-13)17-12-6-10(3)14(16)11(4)7-12/h6-7,9,13H,5,8H2,1-4H3,(H,17,18). The average Bonchev–Trinajstić information content (AvgIpc) is 2.72. The van der Waals surface area contributed by atoms with E-state index in [9.17, 15) is 0 Å². The maximum atomic E-state index is 4.76. The Morgan fingerprint density at radius 3 is 2.58 bits per heavy atom. The van der Waals surface area contributed by atoms with E-state index in [0.29, 0.717) is 12.0 Å². The summed E-state index contributed by atoms with van der Waals surface area (Å²) < 4.78 is 1.19. The molecular weight excluding hydrogens is 320 g/mol. The van der Waals surface area contributed by atoms with Crippen LogP contribution in [-0.4, -0.2) is 17.0 Å². The number of halogens is 1. The van der Waals surface area contributed by atoms with Crippen LogP contribution in [-0.2, 0) is 0 Å². The van der Waals surface area contributed by atoms with E-state index in [1.807, 2.05) is 11.8 Å². The van der Waals surface area contributed by atoms with Gasteiger partial charge < -0.3 is 5.32 Å². The number of aliphatic imine (C=N–C) groups is 1. The van der Waals surface area contributed by atoms with E-state index in [1.165, 1.54) is 22.0 Å². The number of aryl methyl sites for hydroxylation is 2. The molecule has 2 nitrogen and oxygen atoms in total. The monoisotopic (exact) mass is 340 g/mol. The topological polar surface area (TPSA) is 24.4 Å². The molecule has 0 radical (unpaired) electrons. The molecule has 0 saturated heterocycles. The van der Waals surface area contributed by atoms with E-state index in [1.54, 1.807) is 0 Å². The van der Waals surface area contributed by atoms with Gasteiger partial charge in [-0.25, -0.2) is 0 Å². The summed E-state index contributed by atoms with van der Waals surface area (Å²) in [6.07, 6.45) is 1.18. The highest BCUT2D eigenvalue weighted by Gasteiger charge is 2.19. The molecular formula is C15H21BrN2S. The Hall–Kier alpha value is -0.480. The van der Waals surface area contributed by atoms with Crippen LogP contribution in [0.2, 0.25) is 0 Å². The van der Waals surface area contributed by atoms with Gasteiger partial charge in [0.15, 0.2) is 5.17 Å². The average molecular weight is 341 g/mol. The van der Waals surface area contributed by atoms with Gasteiger partial charge in [-0.2, -0.15) is 0 Å². The van der Waals surface area contributed by atoms with Crippen molar-refractivity contribution in [2.45, 2.75) is 40.2 Å². The highest BCUT2D eigenvalue weighted by atomic mass is 79.9. The summed E-state index contributed by atoms with van der Waals surface area (Å²) in [7, 11) is 0. The summed E-state index contributed by atoms with van der Waals surface area (Å²) in [6.45, 7) is 8.75. The van der Waals surface area contributed by atoms with Crippen LogP contribution in [0.4, 0.5) is 5.69 Å². The molecule has 0 amide bonds. The summed E-state index contributed by atoms with van der Waals surface area (Å²) >= 11 is 5.43. The van der Waals surface area contributed by atoms with Gasteiger partial charge in [0.1, 0.15) is 0 Å². The summed E-state index contributed by atoms with van der Waals surface area (Å²) in [5.41, 5.74) is 3.64. The first-order valence-electron chi connectivity index (χ1n) is 6.70. The minimum Gasteiger partial charge on any atom is -0.335 e. The predicted molar refractivity (Wildman–Crippen MR) is 90.4 cm³/mol. The van der Waals surface area contributed by atoms with Crippen LogP contribution >= 0.6 is 27.7 Å². The van der Waals surface area contributed by atoms with Crippen LogP contribution in [0, 0.1) is 19.8 Å². The number of benzene rings is 1. The molecule has 19 heavy (non-hydrogen) atoms. The number of hydrogen-bond donors (Lipinski definition) is 1. The van der Waals surface area contributed by atoms with Gasteiger partial charge in [-0.1, -0.05) is 41.5 Å². The lowest BCUT2D eigenvalue weighted by molar-refractivity contribution is 0.529. The van der Waals surface area contributed by atoms with E-state index < -0.39 is 0 Å². The molecule has 1 aromatic carbocycles. The molecule has 0 spiro atoms. The molecule has 1 atom stereocenters. The maximum absolute atomic E-state index is 4.76. The van der Waals surface area contributed by atoms with Gasteiger partial charge in [0.05, 0.1) is 6.04 Å². The summed E-state index contributed by atoms with van der Waals surface area (Å²) in [5.74, 6) is 1.82. The van der Waals surface area contributed by atoms with Crippen molar-refractivity contribution in [2.75, 3.05) is 11.1 Å². The van der Waals surface area contributed by atoms with E-state index >= 15 is 0 Å². The van der Waals surface area contributed by atoms with Crippen molar-refractivity contribution in [1.82, 2.24) is 0 Å². The molecule has 0 fully saturated rings. The summed E-state index contributed by atoms with van der Waals surface area (Å²) in [5, 5.41) is 4.51. The summed E-state index contributed by atoms with van der Waals surface area (Å²) in [4.78, 5) is 4.76. The smallest absolute Gasteiger partial charge is 0.161 e. The van der Waals surface area contributed by atoms with Crippen molar-refractivity contribution < 1.29 is 0 Å². The molecule has 1 N–H and O–H groups in total. The zero-order chi connectivity index (χ0) is 14.0. The second-order valence-electron chi connectivity index (χ2n) is 5.58. The fourth-order valence-corrected chi connectivity index (χ4v) is 3.49. The van der Waals surface area contributed by atoms with Gasteiger partial charge in [0.25, 0.3) is 0 Å². The molecule has 1 heterocycles. The number of amidine groups is 1. The highest BCUT2D eigenvalue weighted by Crippen LogP contribution is 2.28. The minimum atomic E-state index is 0.477. The lowest BCUT2D eigenvalue weighted by Crippen LogP contribution is -2.08. The number of nitrogens with zero attached hydrogens (tertiary/aromatic N) is 1. The molecule has 104 valence electrons. The SMILES string of the molecule is Cc1cc(NC2=NC(CC(C)C)CS2)cc(C)c1Br. The van der Waals surface area contributed by atoms with Gasteiger partial charge >= 0.3 is 0 Å². The molecule has 1 aromatic rings. The molecule has 0 saturated carbocycles. The van der Waals surface area contributed by atoms with Gasteiger partial charge in [0, 0.05) is 15.9 Å². The number of thioether (sulfide) groups is 1. The molecule has 4 heteroatoms. The van der Waals surface area contributed by atoms with Gasteiger partial charge in [0.2, 0.25) is 0 Å². The Bertz CT molecular complexity index is 474. The third-order valence-corrected chi connectivity index (χ3v) is 5.43. The molecule has 1 aliphatic heterocycles. The van der Waals surface area contributed by atoms with Crippen LogP contribution in [0.5, 0.6) is 0 Å². The first-order chi connectivity index (χ1) is 8.95. The zero-order valence-corrected chi connectivity index (χ0v) is 14.4. The first kappa shape index (κ1) is 14.9. The molecule has 2 rings (SSSR count). The lowest BCUT2D eigenvalue weighted by Gasteiger charge is -2.10. The van der Waals surface area contributed by atoms with Crippen LogP contribution < -0.4 is 5.32 Å². The largest absolute Gasteiger partial charge is 0.335 e. The molecule has 0 bridgehead atoms.